The largest absolute Gasteiger partial charge is 0.379 e. The highest BCUT2D eigenvalue weighted by Gasteiger charge is 2.37. The fraction of sp³-hybridized carbons (Fsp3) is 0.692. The van der Waals surface area contributed by atoms with Gasteiger partial charge in [-0.1, -0.05) is 11.6 Å². The molecule has 2 rings (SSSR count). The van der Waals surface area contributed by atoms with Gasteiger partial charge in [0.15, 0.2) is 0 Å². The molecule has 1 aliphatic rings. The number of hydrogen-bond acceptors (Lipinski definition) is 4. The number of likely N-dealkylation sites (N-methyl/N-ethyl adjacent to an activating group) is 1. The van der Waals surface area contributed by atoms with Crippen LogP contribution in [-0.4, -0.2) is 43.8 Å². The van der Waals surface area contributed by atoms with Crippen LogP contribution < -0.4 is 5.32 Å². The van der Waals surface area contributed by atoms with E-state index in [1.165, 1.54) is 4.88 Å². The Balaban J connectivity index is 2.19. The summed E-state index contributed by atoms with van der Waals surface area (Å²) in [5.74, 6) is 0. The molecule has 3 nitrogen and oxygen atoms in total. The molecule has 1 saturated heterocycles. The van der Waals surface area contributed by atoms with Crippen molar-refractivity contribution in [2.24, 2.45) is 0 Å². The van der Waals surface area contributed by atoms with Gasteiger partial charge < -0.3 is 10.1 Å². The molecule has 18 heavy (non-hydrogen) atoms. The minimum absolute atomic E-state index is 0.0483. The molecule has 2 heterocycles. The predicted octanol–water partition coefficient (Wildman–Crippen LogP) is 2.77. The van der Waals surface area contributed by atoms with Crippen LogP contribution in [0.25, 0.3) is 0 Å². The molecule has 0 aromatic carbocycles. The van der Waals surface area contributed by atoms with Gasteiger partial charge >= 0.3 is 0 Å². The third-order valence-electron chi connectivity index (χ3n) is 3.70. The third-order valence-corrected chi connectivity index (χ3v) is 5.00. The first-order valence-corrected chi connectivity index (χ1v) is 7.50. The Morgan fingerprint density at radius 2 is 2.06 bits per heavy atom. The average Bonchev–Trinajstić information content (AvgIpc) is 2.77. The lowest BCUT2D eigenvalue weighted by Crippen LogP contribution is -2.55. The van der Waals surface area contributed by atoms with Gasteiger partial charge in [0, 0.05) is 23.5 Å². The first-order chi connectivity index (χ1) is 8.55. The maximum Gasteiger partial charge on any atom is 0.0931 e. The van der Waals surface area contributed by atoms with Gasteiger partial charge in [0.25, 0.3) is 0 Å². The number of nitrogens with one attached hydrogen (secondary N) is 1. The minimum Gasteiger partial charge on any atom is -0.379 e. The molecule has 1 aromatic heterocycles. The highest BCUT2D eigenvalue weighted by molar-refractivity contribution is 7.16. The van der Waals surface area contributed by atoms with Crippen molar-refractivity contribution in [3.8, 4) is 0 Å². The molecule has 102 valence electrons. The molecule has 1 N–H and O–H groups in total. The van der Waals surface area contributed by atoms with E-state index < -0.39 is 0 Å². The van der Waals surface area contributed by atoms with E-state index in [0.717, 1.165) is 30.6 Å². The van der Waals surface area contributed by atoms with Crippen molar-refractivity contribution >= 4 is 22.9 Å². The van der Waals surface area contributed by atoms with E-state index in [1.807, 2.05) is 13.1 Å². The van der Waals surface area contributed by atoms with Crippen LogP contribution in [0.3, 0.4) is 0 Å². The van der Waals surface area contributed by atoms with Crippen molar-refractivity contribution in [3.63, 3.8) is 0 Å². The van der Waals surface area contributed by atoms with E-state index in [0.29, 0.717) is 0 Å². The third kappa shape index (κ3) is 2.89. The molecular weight excluding hydrogens is 268 g/mol. The SMILES string of the molecule is CNC(c1ccc(Cl)s1)C(C)(C)N1CCOCC1. The van der Waals surface area contributed by atoms with E-state index in [1.54, 1.807) is 11.3 Å². The second-order valence-electron chi connectivity index (χ2n) is 5.12. The quantitative estimate of drug-likeness (QED) is 0.922. The molecule has 1 aliphatic heterocycles. The van der Waals surface area contributed by atoms with E-state index in [2.05, 4.69) is 30.1 Å². The van der Waals surface area contributed by atoms with Gasteiger partial charge in [0.1, 0.15) is 0 Å². The van der Waals surface area contributed by atoms with Crippen LogP contribution in [-0.2, 0) is 4.74 Å². The van der Waals surface area contributed by atoms with Crippen molar-refractivity contribution in [2.45, 2.75) is 25.4 Å². The summed E-state index contributed by atoms with van der Waals surface area (Å²) in [7, 11) is 2.01. The smallest absolute Gasteiger partial charge is 0.0931 e. The van der Waals surface area contributed by atoms with Gasteiger partial charge in [-0.2, -0.15) is 0 Å². The first-order valence-electron chi connectivity index (χ1n) is 6.31. The van der Waals surface area contributed by atoms with E-state index in [4.69, 9.17) is 16.3 Å². The zero-order valence-corrected chi connectivity index (χ0v) is 12.8. The van der Waals surface area contributed by atoms with Crippen LogP contribution >= 0.6 is 22.9 Å². The molecule has 0 saturated carbocycles. The van der Waals surface area contributed by atoms with Crippen LogP contribution in [0.15, 0.2) is 12.1 Å². The highest BCUT2D eigenvalue weighted by atomic mass is 35.5. The number of nitrogens with zero attached hydrogens (tertiary/aromatic N) is 1. The Kier molecular flexibility index (Phi) is 4.67. The molecule has 0 aliphatic carbocycles. The molecule has 5 heteroatoms. The summed E-state index contributed by atoms with van der Waals surface area (Å²) in [6.07, 6.45) is 0. The summed E-state index contributed by atoms with van der Waals surface area (Å²) in [6, 6.07) is 4.38. The summed E-state index contributed by atoms with van der Waals surface area (Å²) >= 11 is 7.71. The van der Waals surface area contributed by atoms with Crippen molar-refractivity contribution in [2.75, 3.05) is 33.4 Å². The fourth-order valence-electron chi connectivity index (χ4n) is 2.65. The van der Waals surface area contributed by atoms with Crippen molar-refractivity contribution in [3.05, 3.63) is 21.3 Å². The second-order valence-corrected chi connectivity index (χ2v) is 6.86. The van der Waals surface area contributed by atoms with Crippen molar-refractivity contribution in [1.82, 2.24) is 10.2 Å². The Labute approximate surface area is 118 Å². The Hall–Kier alpha value is -0.130. The van der Waals surface area contributed by atoms with Crippen LogP contribution in [0.1, 0.15) is 24.8 Å². The molecule has 0 amide bonds. The van der Waals surface area contributed by atoms with Crippen molar-refractivity contribution < 1.29 is 4.74 Å². The molecule has 1 atom stereocenters. The summed E-state index contributed by atoms with van der Waals surface area (Å²) in [6.45, 7) is 8.20. The van der Waals surface area contributed by atoms with Crippen LogP contribution in [0.2, 0.25) is 4.34 Å². The van der Waals surface area contributed by atoms with Gasteiger partial charge in [0.05, 0.1) is 23.6 Å². The van der Waals surface area contributed by atoms with Crippen LogP contribution in [0, 0.1) is 0 Å². The topological polar surface area (TPSA) is 24.5 Å². The lowest BCUT2D eigenvalue weighted by molar-refractivity contribution is -0.0224. The zero-order valence-electron chi connectivity index (χ0n) is 11.2. The van der Waals surface area contributed by atoms with Crippen LogP contribution in [0.5, 0.6) is 0 Å². The molecule has 0 radical (unpaired) electrons. The van der Waals surface area contributed by atoms with Gasteiger partial charge in [0.2, 0.25) is 0 Å². The number of ether oxygens (including phenoxy) is 1. The van der Waals surface area contributed by atoms with Gasteiger partial charge in [-0.3, -0.25) is 4.90 Å². The number of morpholine rings is 1. The summed E-state index contributed by atoms with van der Waals surface area (Å²) in [5.41, 5.74) is 0.0483. The van der Waals surface area contributed by atoms with Crippen molar-refractivity contribution in [1.29, 1.82) is 0 Å². The Bertz CT molecular complexity index is 388. The highest BCUT2D eigenvalue weighted by Crippen LogP contribution is 2.36. The Morgan fingerprint density at radius 1 is 1.39 bits per heavy atom. The predicted molar refractivity (Wildman–Crippen MR) is 77.6 cm³/mol. The second kappa shape index (κ2) is 5.88. The lowest BCUT2D eigenvalue weighted by atomic mass is 9.90. The molecule has 1 unspecified atom stereocenters. The summed E-state index contributed by atoms with van der Waals surface area (Å²) < 4.78 is 6.29. The van der Waals surface area contributed by atoms with E-state index in [9.17, 15) is 0 Å². The summed E-state index contributed by atoms with van der Waals surface area (Å²) in [4.78, 5) is 3.78. The van der Waals surface area contributed by atoms with E-state index in [-0.39, 0.29) is 11.6 Å². The number of thiophene rings is 1. The molecule has 1 aromatic rings. The lowest BCUT2D eigenvalue weighted by Gasteiger charge is -2.45. The van der Waals surface area contributed by atoms with Gasteiger partial charge in [-0.05, 0) is 33.0 Å². The maximum atomic E-state index is 6.05. The number of hydrogen-bond donors (Lipinski definition) is 1. The minimum atomic E-state index is 0.0483. The molecule has 0 bridgehead atoms. The molecule has 0 spiro atoms. The summed E-state index contributed by atoms with van der Waals surface area (Å²) in [5, 5.41) is 3.44. The average molecular weight is 289 g/mol. The molecule has 1 fully saturated rings. The van der Waals surface area contributed by atoms with Gasteiger partial charge in [-0.25, -0.2) is 0 Å². The molecular formula is C13H21ClN2OS. The zero-order chi connectivity index (χ0) is 13.2. The number of halogens is 1. The monoisotopic (exact) mass is 288 g/mol. The van der Waals surface area contributed by atoms with Gasteiger partial charge in [-0.15, -0.1) is 11.3 Å². The standard InChI is InChI=1S/C13H21ClN2OS/c1-13(2,16-6-8-17-9-7-16)12(15-3)10-4-5-11(14)18-10/h4-5,12,15H,6-9H2,1-3H3. The maximum absolute atomic E-state index is 6.05. The fourth-order valence-corrected chi connectivity index (χ4v) is 4.00. The first kappa shape index (κ1) is 14.3. The van der Waals surface area contributed by atoms with Crippen LogP contribution in [0.4, 0.5) is 0 Å². The van der Waals surface area contributed by atoms with E-state index >= 15 is 0 Å². The Morgan fingerprint density at radius 3 is 2.56 bits per heavy atom. The normalized spacial score (nSPS) is 20.0. The number of rotatable bonds is 4.